The van der Waals surface area contributed by atoms with Crippen LogP contribution in [0.3, 0.4) is 0 Å². The van der Waals surface area contributed by atoms with Crippen LogP contribution in [0, 0.1) is 0 Å². The van der Waals surface area contributed by atoms with Gasteiger partial charge in [-0.1, -0.05) is 6.07 Å². The Morgan fingerprint density at radius 2 is 2.37 bits per heavy atom. The van der Waals surface area contributed by atoms with Crippen LogP contribution in [0.15, 0.2) is 30.5 Å². The third-order valence-corrected chi connectivity index (χ3v) is 3.42. The molecule has 1 atom stereocenters. The largest absolute Gasteiger partial charge is 0.376 e. The van der Waals surface area contributed by atoms with Crippen molar-refractivity contribution in [2.45, 2.75) is 25.4 Å². The van der Waals surface area contributed by atoms with Crippen LogP contribution in [0.1, 0.15) is 29.8 Å². The first-order valence-corrected chi connectivity index (χ1v) is 6.67. The minimum absolute atomic E-state index is 0.108. The maximum Gasteiger partial charge on any atom is 0.270 e. The summed E-state index contributed by atoms with van der Waals surface area (Å²) in [5.74, 6) is -0.108. The Kier molecular flexibility index (Phi) is 3.46. The van der Waals surface area contributed by atoms with E-state index in [0.717, 1.165) is 25.0 Å². The lowest BCUT2D eigenvalue weighted by molar-refractivity contribution is 0.0168. The summed E-state index contributed by atoms with van der Waals surface area (Å²) in [5, 5.41) is 7.08. The molecule has 1 amide bonds. The highest BCUT2D eigenvalue weighted by atomic mass is 16.5. The summed E-state index contributed by atoms with van der Waals surface area (Å²) in [5.41, 5.74) is 1.47. The molecule has 1 aliphatic heterocycles. The fourth-order valence-electron chi connectivity index (χ4n) is 2.39. The smallest absolute Gasteiger partial charge is 0.270 e. The normalized spacial score (nSPS) is 19.5. The molecule has 1 unspecified atom stereocenters. The van der Waals surface area contributed by atoms with Crippen molar-refractivity contribution in [2.24, 2.45) is 0 Å². The molecule has 1 aliphatic rings. The summed E-state index contributed by atoms with van der Waals surface area (Å²) in [4.78, 5) is 12.2. The van der Waals surface area contributed by atoms with Crippen LogP contribution < -0.4 is 5.32 Å². The highest BCUT2D eigenvalue weighted by Gasteiger charge is 2.16. The zero-order valence-electron chi connectivity index (χ0n) is 10.7. The average Bonchev–Trinajstić information content (AvgIpc) is 2.94. The lowest BCUT2D eigenvalue weighted by Crippen LogP contribution is -2.36. The highest BCUT2D eigenvalue weighted by molar-refractivity contribution is 5.93. The molecule has 5 nitrogen and oxygen atoms in total. The average molecular weight is 259 g/mol. The van der Waals surface area contributed by atoms with E-state index in [1.807, 2.05) is 18.2 Å². The van der Waals surface area contributed by atoms with Crippen molar-refractivity contribution in [1.29, 1.82) is 0 Å². The van der Waals surface area contributed by atoms with Gasteiger partial charge in [0.2, 0.25) is 0 Å². The first kappa shape index (κ1) is 12.2. The number of nitrogens with one attached hydrogen (secondary N) is 1. The van der Waals surface area contributed by atoms with Crippen LogP contribution in [-0.4, -0.2) is 34.8 Å². The summed E-state index contributed by atoms with van der Waals surface area (Å²) < 4.78 is 7.25. The standard InChI is InChI=1S/C14H17N3O2/c18-14(15-10-12-5-1-2-9-19-12)13-6-3-4-11-7-8-16-17(11)13/h3-4,6-8,12H,1-2,5,9-10H2,(H,15,18). The minimum Gasteiger partial charge on any atom is -0.376 e. The molecule has 0 saturated carbocycles. The number of ether oxygens (including phenoxy) is 1. The molecule has 0 spiro atoms. The van der Waals surface area contributed by atoms with E-state index in [1.54, 1.807) is 16.8 Å². The second-order valence-corrected chi connectivity index (χ2v) is 4.78. The molecule has 2 aromatic rings. The Morgan fingerprint density at radius 3 is 3.21 bits per heavy atom. The highest BCUT2D eigenvalue weighted by Crippen LogP contribution is 2.12. The fraction of sp³-hybridized carbons (Fsp3) is 0.429. The van der Waals surface area contributed by atoms with Gasteiger partial charge in [0.05, 0.1) is 17.8 Å². The van der Waals surface area contributed by atoms with Crippen molar-refractivity contribution in [1.82, 2.24) is 14.9 Å². The van der Waals surface area contributed by atoms with Gasteiger partial charge in [-0.25, -0.2) is 4.52 Å². The fourth-order valence-corrected chi connectivity index (χ4v) is 2.39. The summed E-state index contributed by atoms with van der Waals surface area (Å²) in [6.07, 6.45) is 5.16. The zero-order valence-corrected chi connectivity index (χ0v) is 10.7. The van der Waals surface area contributed by atoms with Gasteiger partial charge in [-0.2, -0.15) is 5.10 Å². The Bertz CT molecular complexity index is 573. The summed E-state index contributed by atoms with van der Waals surface area (Å²) in [6, 6.07) is 7.44. The molecule has 100 valence electrons. The van der Waals surface area contributed by atoms with Crippen molar-refractivity contribution in [3.8, 4) is 0 Å². The third-order valence-electron chi connectivity index (χ3n) is 3.42. The van der Waals surface area contributed by atoms with E-state index in [-0.39, 0.29) is 12.0 Å². The van der Waals surface area contributed by atoms with Gasteiger partial charge in [0.15, 0.2) is 0 Å². The second-order valence-electron chi connectivity index (χ2n) is 4.78. The molecule has 5 heteroatoms. The number of amides is 1. The maximum absolute atomic E-state index is 12.2. The number of carbonyl (C=O) groups is 1. The van der Waals surface area contributed by atoms with Crippen LogP contribution >= 0.6 is 0 Å². The molecule has 19 heavy (non-hydrogen) atoms. The van der Waals surface area contributed by atoms with Gasteiger partial charge >= 0.3 is 0 Å². The van der Waals surface area contributed by atoms with Gasteiger partial charge in [0.1, 0.15) is 5.69 Å². The van der Waals surface area contributed by atoms with Crippen molar-refractivity contribution in [2.75, 3.05) is 13.2 Å². The first-order chi connectivity index (χ1) is 9.34. The van der Waals surface area contributed by atoms with Crippen LogP contribution in [0.4, 0.5) is 0 Å². The number of nitrogens with zero attached hydrogens (tertiary/aromatic N) is 2. The predicted molar refractivity (Wildman–Crippen MR) is 71.1 cm³/mol. The molecule has 0 bridgehead atoms. The van der Waals surface area contributed by atoms with Crippen LogP contribution in [0.2, 0.25) is 0 Å². The Hall–Kier alpha value is -1.88. The van der Waals surface area contributed by atoms with E-state index in [4.69, 9.17) is 4.74 Å². The molecule has 3 heterocycles. The molecular formula is C14H17N3O2. The summed E-state index contributed by atoms with van der Waals surface area (Å²) in [6.45, 7) is 1.37. The number of carbonyl (C=O) groups excluding carboxylic acids is 1. The van der Waals surface area contributed by atoms with E-state index in [2.05, 4.69) is 10.4 Å². The van der Waals surface area contributed by atoms with Gasteiger partial charge < -0.3 is 10.1 Å². The van der Waals surface area contributed by atoms with E-state index in [0.29, 0.717) is 12.2 Å². The summed E-state index contributed by atoms with van der Waals surface area (Å²) >= 11 is 0. The predicted octanol–water partition coefficient (Wildman–Crippen LogP) is 1.63. The number of hydrogen-bond acceptors (Lipinski definition) is 3. The Labute approximate surface area is 111 Å². The summed E-state index contributed by atoms with van der Waals surface area (Å²) in [7, 11) is 0. The number of fused-ring (bicyclic) bond motifs is 1. The van der Waals surface area contributed by atoms with Gasteiger partial charge in [-0.3, -0.25) is 4.79 Å². The number of aromatic nitrogens is 2. The van der Waals surface area contributed by atoms with Gasteiger partial charge in [-0.05, 0) is 37.5 Å². The lowest BCUT2D eigenvalue weighted by atomic mass is 10.1. The van der Waals surface area contributed by atoms with Crippen molar-refractivity contribution >= 4 is 11.4 Å². The molecule has 1 fully saturated rings. The van der Waals surface area contributed by atoms with Crippen molar-refractivity contribution in [3.63, 3.8) is 0 Å². The SMILES string of the molecule is O=C(NCC1CCCCO1)c1cccc2ccnn12. The number of rotatable bonds is 3. The maximum atomic E-state index is 12.2. The molecule has 0 radical (unpaired) electrons. The number of hydrogen-bond donors (Lipinski definition) is 1. The van der Waals surface area contributed by atoms with Crippen molar-refractivity contribution < 1.29 is 9.53 Å². The van der Waals surface area contributed by atoms with E-state index >= 15 is 0 Å². The zero-order chi connectivity index (χ0) is 13.1. The van der Waals surface area contributed by atoms with Crippen LogP contribution in [0.5, 0.6) is 0 Å². The molecular weight excluding hydrogens is 242 g/mol. The Balaban J connectivity index is 1.68. The minimum atomic E-state index is -0.108. The topological polar surface area (TPSA) is 55.6 Å². The molecule has 1 saturated heterocycles. The third kappa shape index (κ3) is 2.61. The van der Waals surface area contributed by atoms with E-state index < -0.39 is 0 Å². The van der Waals surface area contributed by atoms with Gasteiger partial charge in [-0.15, -0.1) is 0 Å². The second kappa shape index (κ2) is 5.40. The molecule has 1 N–H and O–H groups in total. The molecule has 3 rings (SSSR count). The van der Waals surface area contributed by atoms with Gasteiger partial charge in [0.25, 0.3) is 5.91 Å². The van der Waals surface area contributed by atoms with E-state index in [1.165, 1.54) is 6.42 Å². The van der Waals surface area contributed by atoms with E-state index in [9.17, 15) is 4.79 Å². The number of pyridine rings is 1. The van der Waals surface area contributed by atoms with Crippen LogP contribution in [0.25, 0.3) is 5.52 Å². The molecule has 0 aliphatic carbocycles. The quantitative estimate of drug-likeness (QED) is 0.911. The van der Waals surface area contributed by atoms with Crippen molar-refractivity contribution in [3.05, 3.63) is 36.2 Å². The Morgan fingerprint density at radius 1 is 1.42 bits per heavy atom. The van der Waals surface area contributed by atoms with Gasteiger partial charge in [0, 0.05) is 13.2 Å². The monoisotopic (exact) mass is 259 g/mol. The lowest BCUT2D eigenvalue weighted by Gasteiger charge is -2.22. The van der Waals surface area contributed by atoms with Crippen LogP contribution in [-0.2, 0) is 4.74 Å². The first-order valence-electron chi connectivity index (χ1n) is 6.67. The molecule has 2 aromatic heterocycles. The molecule has 0 aromatic carbocycles.